The summed E-state index contributed by atoms with van der Waals surface area (Å²) in [5, 5.41) is 7.88. The second-order valence-electron chi connectivity index (χ2n) is 0.724. The summed E-state index contributed by atoms with van der Waals surface area (Å²) in [5.74, 6) is 0. The van der Waals surface area contributed by atoms with E-state index in [1.807, 2.05) is 6.92 Å². The van der Waals surface area contributed by atoms with Gasteiger partial charge in [0.05, 0.1) is 0 Å². The minimum Gasteiger partial charge on any atom is -0.396 e. The van der Waals surface area contributed by atoms with E-state index in [4.69, 9.17) is 5.11 Å². The molecule has 0 aliphatic rings. The molecule has 0 bridgehead atoms. The Balaban J connectivity index is 0. The third kappa shape index (κ3) is 10.8. The second-order valence-corrected chi connectivity index (χ2v) is 0.724. The first kappa shape index (κ1) is 9.64. The predicted molar refractivity (Wildman–Crippen MR) is 17.4 cm³/mol. The van der Waals surface area contributed by atoms with E-state index >= 15 is 0 Å². The molecule has 0 fully saturated rings. The maximum Gasteiger partial charge on any atom is 0.0428 e. The molecule has 0 aromatic carbocycles. The zero-order chi connectivity index (χ0) is 3.41. The van der Waals surface area contributed by atoms with Crippen molar-refractivity contribution in [2.75, 3.05) is 6.61 Å². The van der Waals surface area contributed by atoms with E-state index in [1.165, 1.54) is 0 Å². The van der Waals surface area contributed by atoms with Crippen molar-refractivity contribution < 1.29 is 49.2 Å². The molecule has 2 heteroatoms. The molecule has 0 saturated heterocycles. The molecule has 0 aromatic rings. The second kappa shape index (κ2) is 9.04. The van der Waals surface area contributed by atoms with Crippen molar-refractivity contribution in [3.63, 3.8) is 0 Å². The van der Waals surface area contributed by atoms with Crippen LogP contribution in [0.1, 0.15) is 13.3 Å². The molecule has 0 aliphatic carbocycles. The van der Waals surface area contributed by atoms with E-state index in [2.05, 4.69) is 0 Å². The molecule has 1 nitrogen and oxygen atoms in total. The summed E-state index contributed by atoms with van der Waals surface area (Å²) >= 11 is 0. The Kier molecular flexibility index (Phi) is 17.4. The van der Waals surface area contributed by atoms with E-state index < -0.39 is 0 Å². The normalized spacial score (nSPS) is 6.00. The van der Waals surface area contributed by atoms with E-state index in [-0.39, 0.29) is 44.1 Å². The Morgan fingerprint density at radius 2 is 1.80 bits per heavy atom. The molecule has 0 unspecified atom stereocenters. The standard InChI is InChI=1S/C3H8O.Ac/c1-2-3-4;/h4H,2-3H2,1H3;. The monoisotopic (exact) mass is 287 g/mol. The Hall–Kier alpha value is 1.40. The van der Waals surface area contributed by atoms with Gasteiger partial charge in [-0.15, -0.1) is 0 Å². The zero-order valence-corrected chi connectivity index (χ0v) is 8.18. The number of rotatable bonds is 1. The molecule has 0 aliphatic heterocycles. The van der Waals surface area contributed by atoms with Gasteiger partial charge in [-0.1, -0.05) is 6.92 Å². The molecule has 1 N–H and O–H groups in total. The average molecular weight is 287 g/mol. The van der Waals surface area contributed by atoms with Gasteiger partial charge in [0.2, 0.25) is 0 Å². The summed E-state index contributed by atoms with van der Waals surface area (Å²) < 4.78 is 0. The number of aliphatic hydroxyl groups is 1. The Bertz CT molecular complexity index is 8.85. The molecule has 0 spiro atoms. The summed E-state index contributed by atoms with van der Waals surface area (Å²) in [6.07, 6.45) is 0.875. The zero-order valence-electron chi connectivity index (χ0n) is 3.44. The van der Waals surface area contributed by atoms with Crippen LogP contribution in [0.5, 0.6) is 0 Å². The molecule has 29 valence electrons. The van der Waals surface area contributed by atoms with Crippen molar-refractivity contribution in [2.24, 2.45) is 0 Å². The molecule has 0 aromatic heterocycles. The Morgan fingerprint density at radius 1 is 1.60 bits per heavy atom. The van der Waals surface area contributed by atoms with Gasteiger partial charge in [0.15, 0.2) is 0 Å². The molecule has 0 heterocycles. The van der Waals surface area contributed by atoms with Crippen molar-refractivity contribution in [1.29, 1.82) is 0 Å². The largest absolute Gasteiger partial charge is 0.396 e. The van der Waals surface area contributed by atoms with Crippen LogP contribution in [0.2, 0.25) is 0 Å². The summed E-state index contributed by atoms with van der Waals surface area (Å²) in [4.78, 5) is 0. The van der Waals surface area contributed by atoms with E-state index in [0.717, 1.165) is 6.42 Å². The molecule has 0 saturated carbocycles. The quantitative estimate of drug-likeness (QED) is 0.739. The summed E-state index contributed by atoms with van der Waals surface area (Å²) in [6, 6.07) is 0. The number of hydrogen-bond donors (Lipinski definition) is 1. The summed E-state index contributed by atoms with van der Waals surface area (Å²) in [6.45, 7) is 2.25. The third-order valence-electron chi connectivity index (χ3n) is 0.224. The van der Waals surface area contributed by atoms with Gasteiger partial charge in [0, 0.05) is 50.7 Å². The topological polar surface area (TPSA) is 20.2 Å². The van der Waals surface area contributed by atoms with Crippen LogP contribution in [0.4, 0.5) is 0 Å². The van der Waals surface area contributed by atoms with Crippen LogP contribution >= 0.6 is 0 Å². The molecule has 0 rings (SSSR count). The molecule has 5 heavy (non-hydrogen) atoms. The molecule has 1 radical (unpaired) electrons. The fraction of sp³-hybridized carbons (Fsp3) is 1.00. The first-order valence-electron chi connectivity index (χ1n) is 1.52. The molecular formula is C3H8AcO. The van der Waals surface area contributed by atoms with Crippen LogP contribution in [0.25, 0.3) is 0 Å². The van der Waals surface area contributed by atoms with Crippen molar-refractivity contribution in [3.8, 4) is 0 Å². The van der Waals surface area contributed by atoms with Gasteiger partial charge in [0.1, 0.15) is 0 Å². The van der Waals surface area contributed by atoms with E-state index in [1.54, 1.807) is 0 Å². The SMILES string of the molecule is CCCO.[Ac]. The van der Waals surface area contributed by atoms with Crippen LogP contribution in [0.15, 0.2) is 0 Å². The van der Waals surface area contributed by atoms with Crippen LogP contribution in [-0.4, -0.2) is 11.7 Å². The Morgan fingerprint density at radius 3 is 1.80 bits per heavy atom. The van der Waals surface area contributed by atoms with Crippen LogP contribution in [0.3, 0.4) is 0 Å². The van der Waals surface area contributed by atoms with Gasteiger partial charge in [-0.3, -0.25) is 0 Å². The van der Waals surface area contributed by atoms with Crippen LogP contribution in [-0.2, 0) is 0 Å². The third-order valence-corrected chi connectivity index (χ3v) is 0.224. The van der Waals surface area contributed by atoms with Crippen LogP contribution in [0, 0.1) is 44.1 Å². The smallest absolute Gasteiger partial charge is 0.0428 e. The fourth-order valence-electron chi connectivity index (χ4n) is 0. The van der Waals surface area contributed by atoms with Gasteiger partial charge in [-0.25, -0.2) is 0 Å². The number of hydrogen-bond acceptors (Lipinski definition) is 1. The maximum atomic E-state index is 7.88. The average Bonchev–Trinajstić information content (AvgIpc) is 1.37. The molecule has 0 amide bonds. The van der Waals surface area contributed by atoms with Gasteiger partial charge in [0.25, 0.3) is 0 Å². The van der Waals surface area contributed by atoms with E-state index in [0.29, 0.717) is 6.61 Å². The maximum absolute atomic E-state index is 7.88. The minimum atomic E-state index is 0. The summed E-state index contributed by atoms with van der Waals surface area (Å²) in [7, 11) is 0. The molecular weight excluding hydrogens is 279 g/mol. The minimum absolute atomic E-state index is 0. The van der Waals surface area contributed by atoms with E-state index in [9.17, 15) is 0 Å². The van der Waals surface area contributed by atoms with Crippen LogP contribution < -0.4 is 0 Å². The van der Waals surface area contributed by atoms with Crippen molar-refractivity contribution in [1.82, 2.24) is 0 Å². The van der Waals surface area contributed by atoms with Gasteiger partial charge < -0.3 is 5.11 Å². The first-order chi connectivity index (χ1) is 1.91. The number of aliphatic hydroxyl groups excluding tert-OH is 1. The summed E-state index contributed by atoms with van der Waals surface area (Å²) in [5.41, 5.74) is 0. The van der Waals surface area contributed by atoms with Gasteiger partial charge in [-0.05, 0) is 6.42 Å². The fourth-order valence-corrected chi connectivity index (χ4v) is 0. The first-order valence-corrected chi connectivity index (χ1v) is 1.52. The van der Waals surface area contributed by atoms with Crippen molar-refractivity contribution >= 4 is 0 Å². The molecule has 0 atom stereocenters. The van der Waals surface area contributed by atoms with Crippen molar-refractivity contribution in [3.05, 3.63) is 0 Å². The van der Waals surface area contributed by atoms with Crippen molar-refractivity contribution in [2.45, 2.75) is 13.3 Å². The van der Waals surface area contributed by atoms with Gasteiger partial charge >= 0.3 is 0 Å². The predicted octanol–water partition coefficient (Wildman–Crippen LogP) is 0.389. The Labute approximate surface area is 68.3 Å². The van der Waals surface area contributed by atoms with Gasteiger partial charge in [-0.2, -0.15) is 0 Å².